The first kappa shape index (κ1) is 12.0. The average molecular weight is 237 g/mol. The zero-order valence-electron chi connectivity index (χ0n) is 9.56. The van der Waals surface area contributed by atoms with Gasteiger partial charge in [0.2, 0.25) is 0 Å². The van der Waals surface area contributed by atoms with E-state index in [-0.39, 0.29) is 6.61 Å². The van der Waals surface area contributed by atoms with Crippen LogP contribution in [0.1, 0.15) is 18.4 Å². The number of aliphatic hydroxyl groups excluding tert-OH is 1. The van der Waals surface area contributed by atoms with Gasteiger partial charge in [-0.3, -0.25) is 0 Å². The van der Waals surface area contributed by atoms with Crippen LogP contribution in [0.4, 0.5) is 0 Å². The van der Waals surface area contributed by atoms with Crippen molar-refractivity contribution in [1.29, 1.82) is 0 Å². The molecule has 88 valence electrons. The summed E-state index contributed by atoms with van der Waals surface area (Å²) < 4.78 is 0. The standard InChI is InChI=1S/C13H19NOS/c15-11-12-3-5-13(6-4-12)16-10-9-14-7-1-2-8-14/h3-6,15H,1-2,7-11H2. The van der Waals surface area contributed by atoms with Gasteiger partial charge in [-0.25, -0.2) is 0 Å². The molecule has 1 heterocycles. The molecule has 0 aliphatic carbocycles. The van der Waals surface area contributed by atoms with Gasteiger partial charge in [-0.2, -0.15) is 0 Å². The van der Waals surface area contributed by atoms with Crippen molar-refractivity contribution < 1.29 is 5.11 Å². The fraction of sp³-hybridized carbons (Fsp3) is 0.538. The van der Waals surface area contributed by atoms with Gasteiger partial charge in [0, 0.05) is 17.2 Å². The first-order chi connectivity index (χ1) is 7.88. The maximum absolute atomic E-state index is 8.93. The smallest absolute Gasteiger partial charge is 0.0681 e. The molecule has 1 N–H and O–H groups in total. The summed E-state index contributed by atoms with van der Waals surface area (Å²) in [4.78, 5) is 3.84. The Bertz CT molecular complexity index is 306. The molecule has 1 aliphatic rings. The van der Waals surface area contributed by atoms with Gasteiger partial charge in [-0.05, 0) is 43.6 Å². The SMILES string of the molecule is OCc1ccc(SCCN2CCCC2)cc1. The number of nitrogens with zero attached hydrogens (tertiary/aromatic N) is 1. The number of aliphatic hydroxyl groups is 1. The predicted octanol–water partition coefficient (Wildman–Crippen LogP) is 2.37. The van der Waals surface area contributed by atoms with Crippen molar-refractivity contribution in [3.05, 3.63) is 29.8 Å². The Morgan fingerprint density at radius 3 is 2.44 bits per heavy atom. The molecular weight excluding hydrogens is 218 g/mol. The highest BCUT2D eigenvalue weighted by atomic mass is 32.2. The summed E-state index contributed by atoms with van der Waals surface area (Å²) in [5, 5.41) is 8.93. The fourth-order valence-electron chi connectivity index (χ4n) is 1.99. The minimum absolute atomic E-state index is 0.138. The highest BCUT2D eigenvalue weighted by molar-refractivity contribution is 7.99. The molecular formula is C13H19NOS. The molecule has 0 spiro atoms. The molecule has 0 radical (unpaired) electrons. The van der Waals surface area contributed by atoms with E-state index in [1.165, 1.54) is 43.1 Å². The maximum Gasteiger partial charge on any atom is 0.0681 e. The second kappa shape index (κ2) is 6.28. The number of thioether (sulfide) groups is 1. The summed E-state index contributed by atoms with van der Waals surface area (Å²) in [5.41, 5.74) is 0.990. The molecule has 3 heteroatoms. The molecule has 0 amide bonds. The number of benzene rings is 1. The lowest BCUT2D eigenvalue weighted by Crippen LogP contribution is -2.21. The van der Waals surface area contributed by atoms with E-state index in [0.717, 1.165) is 5.56 Å². The molecule has 1 aromatic rings. The quantitative estimate of drug-likeness (QED) is 0.795. The molecule has 0 saturated carbocycles. The zero-order chi connectivity index (χ0) is 11.2. The van der Waals surface area contributed by atoms with Crippen LogP contribution in [0.25, 0.3) is 0 Å². The molecule has 2 rings (SSSR count). The Morgan fingerprint density at radius 1 is 1.12 bits per heavy atom. The maximum atomic E-state index is 8.93. The topological polar surface area (TPSA) is 23.5 Å². The van der Waals surface area contributed by atoms with Crippen molar-refractivity contribution in [3.63, 3.8) is 0 Å². The van der Waals surface area contributed by atoms with Crippen molar-refractivity contribution in [2.75, 3.05) is 25.4 Å². The zero-order valence-corrected chi connectivity index (χ0v) is 10.4. The van der Waals surface area contributed by atoms with Gasteiger partial charge in [0.1, 0.15) is 0 Å². The molecule has 2 nitrogen and oxygen atoms in total. The van der Waals surface area contributed by atoms with E-state index >= 15 is 0 Å². The minimum atomic E-state index is 0.138. The molecule has 1 aliphatic heterocycles. The second-order valence-electron chi connectivity index (χ2n) is 4.20. The normalized spacial score (nSPS) is 16.8. The van der Waals surface area contributed by atoms with Crippen LogP contribution in [0.15, 0.2) is 29.2 Å². The highest BCUT2D eigenvalue weighted by Crippen LogP contribution is 2.19. The second-order valence-corrected chi connectivity index (χ2v) is 5.37. The molecule has 1 fully saturated rings. The van der Waals surface area contributed by atoms with Crippen LogP contribution < -0.4 is 0 Å². The van der Waals surface area contributed by atoms with E-state index in [2.05, 4.69) is 17.0 Å². The van der Waals surface area contributed by atoms with Gasteiger partial charge in [-0.15, -0.1) is 11.8 Å². The molecule has 0 unspecified atom stereocenters. The van der Waals surface area contributed by atoms with Crippen LogP contribution in [-0.2, 0) is 6.61 Å². The van der Waals surface area contributed by atoms with Crippen LogP contribution in [0, 0.1) is 0 Å². The van der Waals surface area contributed by atoms with Crippen LogP contribution in [0.5, 0.6) is 0 Å². The van der Waals surface area contributed by atoms with E-state index in [9.17, 15) is 0 Å². The highest BCUT2D eigenvalue weighted by Gasteiger charge is 2.10. The third kappa shape index (κ3) is 3.51. The van der Waals surface area contributed by atoms with Crippen LogP contribution >= 0.6 is 11.8 Å². The van der Waals surface area contributed by atoms with Gasteiger partial charge >= 0.3 is 0 Å². The lowest BCUT2D eigenvalue weighted by Gasteiger charge is -2.13. The fourth-order valence-corrected chi connectivity index (χ4v) is 2.90. The van der Waals surface area contributed by atoms with Crippen molar-refractivity contribution in [2.45, 2.75) is 24.3 Å². The Kier molecular flexibility index (Phi) is 4.69. The van der Waals surface area contributed by atoms with Crippen molar-refractivity contribution in [1.82, 2.24) is 4.90 Å². The first-order valence-corrected chi connectivity index (χ1v) is 6.92. The average Bonchev–Trinajstić information content (AvgIpc) is 2.83. The Balaban J connectivity index is 1.71. The Hall–Kier alpha value is -0.510. The Labute approximate surface area is 102 Å². The van der Waals surface area contributed by atoms with Gasteiger partial charge in [0.05, 0.1) is 6.61 Å². The molecule has 1 saturated heterocycles. The molecule has 0 bridgehead atoms. The molecule has 16 heavy (non-hydrogen) atoms. The van der Waals surface area contributed by atoms with Gasteiger partial charge in [0.15, 0.2) is 0 Å². The largest absolute Gasteiger partial charge is 0.392 e. The summed E-state index contributed by atoms with van der Waals surface area (Å²) in [6.07, 6.45) is 2.74. The lowest BCUT2D eigenvalue weighted by atomic mass is 10.2. The van der Waals surface area contributed by atoms with Crippen molar-refractivity contribution >= 4 is 11.8 Å². The minimum Gasteiger partial charge on any atom is -0.392 e. The van der Waals surface area contributed by atoms with Crippen molar-refractivity contribution in [2.24, 2.45) is 0 Å². The molecule has 0 atom stereocenters. The summed E-state index contributed by atoms with van der Waals surface area (Å²) in [6, 6.07) is 8.19. The third-order valence-electron chi connectivity index (χ3n) is 2.98. The van der Waals surface area contributed by atoms with E-state index in [4.69, 9.17) is 5.11 Å². The van der Waals surface area contributed by atoms with E-state index < -0.39 is 0 Å². The van der Waals surface area contributed by atoms with E-state index in [0.29, 0.717) is 0 Å². The number of hydrogen-bond donors (Lipinski definition) is 1. The molecule has 0 aromatic heterocycles. The lowest BCUT2D eigenvalue weighted by molar-refractivity contribution is 0.282. The number of hydrogen-bond acceptors (Lipinski definition) is 3. The van der Waals surface area contributed by atoms with Crippen LogP contribution in [0.2, 0.25) is 0 Å². The number of likely N-dealkylation sites (tertiary alicyclic amines) is 1. The summed E-state index contributed by atoms with van der Waals surface area (Å²) in [5.74, 6) is 1.17. The first-order valence-electron chi connectivity index (χ1n) is 5.93. The number of rotatable bonds is 5. The summed E-state index contributed by atoms with van der Waals surface area (Å²) in [7, 11) is 0. The van der Waals surface area contributed by atoms with E-state index in [1.54, 1.807) is 0 Å². The van der Waals surface area contributed by atoms with Gasteiger partial charge in [-0.1, -0.05) is 12.1 Å². The predicted molar refractivity (Wildman–Crippen MR) is 68.8 cm³/mol. The van der Waals surface area contributed by atoms with Crippen LogP contribution in [-0.4, -0.2) is 35.4 Å². The Morgan fingerprint density at radius 2 is 1.81 bits per heavy atom. The third-order valence-corrected chi connectivity index (χ3v) is 3.97. The summed E-state index contributed by atoms with van der Waals surface area (Å²) >= 11 is 1.90. The van der Waals surface area contributed by atoms with Crippen LogP contribution in [0.3, 0.4) is 0 Å². The monoisotopic (exact) mass is 237 g/mol. The van der Waals surface area contributed by atoms with E-state index in [1.807, 2.05) is 23.9 Å². The summed E-state index contributed by atoms with van der Waals surface area (Å²) in [6.45, 7) is 3.90. The van der Waals surface area contributed by atoms with Gasteiger partial charge < -0.3 is 10.0 Å². The van der Waals surface area contributed by atoms with Gasteiger partial charge in [0.25, 0.3) is 0 Å². The van der Waals surface area contributed by atoms with Crippen molar-refractivity contribution in [3.8, 4) is 0 Å². The molecule has 1 aromatic carbocycles.